The highest BCUT2D eigenvalue weighted by atomic mass is 19.1. The Hall–Kier alpha value is -2.36. The van der Waals surface area contributed by atoms with Gasteiger partial charge in [-0.2, -0.15) is 0 Å². The molecule has 0 spiro atoms. The highest BCUT2D eigenvalue weighted by Gasteiger charge is 2.09. The fourth-order valence-corrected chi connectivity index (χ4v) is 1.78. The number of aryl methyl sites for hydroxylation is 1. The van der Waals surface area contributed by atoms with Crippen LogP contribution in [0, 0.1) is 5.82 Å². The standard InChI is InChI=1S/C15H15FN2O/c16-12-7-4-8-13(17)15(12)18-14(19)10-9-11-5-2-1-3-6-11/h1-8H,9-10,17H2,(H,18,19). The van der Waals surface area contributed by atoms with Gasteiger partial charge in [0.1, 0.15) is 11.5 Å². The minimum absolute atomic E-state index is 0.0561. The SMILES string of the molecule is Nc1cccc(F)c1NC(=O)CCc1ccccc1. The molecule has 4 heteroatoms. The molecule has 19 heavy (non-hydrogen) atoms. The van der Waals surface area contributed by atoms with Gasteiger partial charge in [-0.05, 0) is 24.1 Å². The fourth-order valence-electron chi connectivity index (χ4n) is 1.78. The molecule has 3 nitrogen and oxygen atoms in total. The summed E-state index contributed by atoms with van der Waals surface area (Å²) in [5.41, 5.74) is 6.98. The molecule has 0 saturated carbocycles. The Morgan fingerprint density at radius 3 is 2.53 bits per heavy atom. The number of benzene rings is 2. The first-order valence-corrected chi connectivity index (χ1v) is 6.04. The topological polar surface area (TPSA) is 55.1 Å². The van der Waals surface area contributed by atoms with Gasteiger partial charge in [0.2, 0.25) is 5.91 Å². The van der Waals surface area contributed by atoms with E-state index in [2.05, 4.69) is 5.32 Å². The van der Waals surface area contributed by atoms with Crippen LogP contribution in [-0.2, 0) is 11.2 Å². The number of amides is 1. The molecule has 0 atom stereocenters. The lowest BCUT2D eigenvalue weighted by Gasteiger charge is -2.09. The third-order valence-electron chi connectivity index (χ3n) is 2.79. The van der Waals surface area contributed by atoms with E-state index >= 15 is 0 Å². The van der Waals surface area contributed by atoms with Gasteiger partial charge in [-0.3, -0.25) is 4.79 Å². The van der Waals surface area contributed by atoms with Gasteiger partial charge in [-0.15, -0.1) is 0 Å². The van der Waals surface area contributed by atoms with Crippen LogP contribution in [0.2, 0.25) is 0 Å². The number of nitrogens with one attached hydrogen (secondary N) is 1. The van der Waals surface area contributed by atoms with Crippen molar-refractivity contribution in [1.29, 1.82) is 0 Å². The van der Waals surface area contributed by atoms with Gasteiger partial charge >= 0.3 is 0 Å². The lowest BCUT2D eigenvalue weighted by molar-refractivity contribution is -0.116. The van der Waals surface area contributed by atoms with Crippen LogP contribution in [0.25, 0.3) is 0 Å². The maximum atomic E-state index is 13.5. The Labute approximate surface area is 111 Å². The summed E-state index contributed by atoms with van der Waals surface area (Å²) in [4.78, 5) is 11.8. The van der Waals surface area contributed by atoms with Gasteiger partial charge in [-0.25, -0.2) is 4.39 Å². The number of nitrogens with two attached hydrogens (primary N) is 1. The second-order valence-electron chi connectivity index (χ2n) is 4.24. The van der Waals surface area contributed by atoms with E-state index in [-0.39, 0.29) is 23.7 Å². The van der Waals surface area contributed by atoms with Gasteiger partial charge in [-0.1, -0.05) is 36.4 Å². The van der Waals surface area contributed by atoms with Crippen LogP contribution in [0.1, 0.15) is 12.0 Å². The molecule has 98 valence electrons. The Bertz CT molecular complexity index is 549. The van der Waals surface area contributed by atoms with Crippen LogP contribution in [0.5, 0.6) is 0 Å². The highest BCUT2D eigenvalue weighted by Crippen LogP contribution is 2.21. The fraction of sp³-hybridized carbons (Fsp3) is 0.133. The molecule has 0 fully saturated rings. The second kappa shape index (κ2) is 6.00. The minimum atomic E-state index is -0.520. The van der Waals surface area contributed by atoms with Crippen LogP contribution in [0.3, 0.4) is 0 Å². The number of nitrogen functional groups attached to an aromatic ring is 1. The summed E-state index contributed by atoms with van der Waals surface area (Å²) in [5.74, 6) is -0.770. The van der Waals surface area contributed by atoms with Crippen molar-refractivity contribution in [2.75, 3.05) is 11.1 Å². The zero-order valence-corrected chi connectivity index (χ0v) is 10.4. The molecule has 0 heterocycles. The number of halogens is 1. The predicted octanol–water partition coefficient (Wildman–Crippen LogP) is 2.98. The molecule has 0 saturated heterocycles. The first kappa shape index (κ1) is 13.1. The van der Waals surface area contributed by atoms with Crippen molar-refractivity contribution in [3.05, 3.63) is 59.9 Å². The summed E-state index contributed by atoms with van der Waals surface area (Å²) >= 11 is 0. The molecular formula is C15H15FN2O. The van der Waals surface area contributed by atoms with Crippen LogP contribution in [0.4, 0.5) is 15.8 Å². The summed E-state index contributed by atoms with van der Waals surface area (Å²) in [5, 5.41) is 2.51. The van der Waals surface area contributed by atoms with E-state index in [1.165, 1.54) is 12.1 Å². The lowest BCUT2D eigenvalue weighted by Crippen LogP contribution is -2.14. The lowest BCUT2D eigenvalue weighted by atomic mass is 10.1. The van der Waals surface area contributed by atoms with Crippen molar-refractivity contribution in [3.63, 3.8) is 0 Å². The van der Waals surface area contributed by atoms with Crippen LogP contribution < -0.4 is 11.1 Å². The van der Waals surface area contributed by atoms with Crippen LogP contribution >= 0.6 is 0 Å². The molecule has 1 amide bonds. The van der Waals surface area contributed by atoms with Gasteiger partial charge in [0, 0.05) is 6.42 Å². The van der Waals surface area contributed by atoms with Crippen molar-refractivity contribution >= 4 is 17.3 Å². The van der Waals surface area contributed by atoms with Crippen molar-refractivity contribution in [2.45, 2.75) is 12.8 Å². The minimum Gasteiger partial charge on any atom is -0.397 e. The van der Waals surface area contributed by atoms with Crippen LogP contribution in [-0.4, -0.2) is 5.91 Å². The van der Waals surface area contributed by atoms with Crippen molar-refractivity contribution in [2.24, 2.45) is 0 Å². The Morgan fingerprint density at radius 1 is 1.11 bits per heavy atom. The van der Waals surface area contributed by atoms with Gasteiger partial charge in [0.25, 0.3) is 0 Å². The van der Waals surface area contributed by atoms with Crippen molar-refractivity contribution in [1.82, 2.24) is 0 Å². The first-order chi connectivity index (χ1) is 9.16. The number of anilines is 2. The summed E-state index contributed by atoms with van der Waals surface area (Å²) in [7, 11) is 0. The van der Waals surface area contributed by atoms with Crippen molar-refractivity contribution < 1.29 is 9.18 Å². The summed E-state index contributed by atoms with van der Waals surface area (Å²) in [6, 6.07) is 14.0. The highest BCUT2D eigenvalue weighted by molar-refractivity contribution is 5.94. The molecule has 2 aromatic carbocycles. The molecular weight excluding hydrogens is 243 g/mol. The van der Waals surface area contributed by atoms with E-state index < -0.39 is 5.82 Å². The van der Waals surface area contributed by atoms with E-state index in [0.29, 0.717) is 6.42 Å². The van der Waals surface area contributed by atoms with E-state index in [0.717, 1.165) is 5.56 Å². The van der Waals surface area contributed by atoms with Crippen molar-refractivity contribution in [3.8, 4) is 0 Å². The molecule has 2 aromatic rings. The Kier molecular flexibility index (Phi) is 4.13. The molecule has 0 aliphatic rings. The Balaban J connectivity index is 1.95. The normalized spacial score (nSPS) is 10.2. The number of carbonyl (C=O) groups excluding carboxylic acids is 1. The summed E-state index contributed by atoms with van der Waals surface area (Å²) in [6.45, 7) is 0. The molecule has 0 aromatic heterocycles. The zero-order valence-electron chi connectivity index (χ0n) is 10.4. The van der Waals surface area contributed by atoms with E-state index in [4.69, 9.17) is 5.73 Å². The van der Waals surface area contributed by atoms with E-state index in [9.17, 15) is 9.18 Å². The zero-order chi connectivity index (χ0) is 13.7. The molecule has 0 bridgehead atoms. The monoisotopic (exact) mass is 258 g/mol. The number of carbonyl (C=O) groups is 1. The maximum Gasteiger partial charge on any atom is 0.224 e. The molecule has 2 rings (SSSR count). The largest absolute Gasteiger partial charge is 0.397 e. The number of para-hydroxylation sites is 1. The number of rotatable bonds is 4. The van der Waals surface area contributed by atoms with Gasteiger partial charge < -0.3 is 11.1 Å². The third kappa shape index (κ3) is 3.55. The molecule has 0 aliphatic heterocycles. The smallest absolute Gasteiger partial charge is 0.224 e. The first-order valence-electron chi connectivity index (χ1n) is 6.04. The number of hydrogen-bond donors (Lipinski definition) is 2. The van der Waals surface area contributed by atoms with Gasteiger partial charge in [0.05, 0.1) is 5.69 Å². The second-order valence-corrected chi connectivity index (χ2v) is 4.24. The van der Waals surface area contributed by atoms with Crippen LogP contribution in [0.15, 0.2) is 48.5 Å². The Morgan fingerprint density at radius 2 is 1.84 bits per heavy atom. The average Bonchev–Trinajstić information content (AvgIpc) is 2.42. The van der Waals surface area contributed by atoms with E-state index in [1.54, 1.807) is 6.07 Å². The summed E-state index contributed by atoms with van der Waals surface area (Å²) in [6.07, 6.45) is 0.902. The van der Waals surface area contributed by atoms with Gasteiger partial charge in [0.15, 0.2) is 0 Å². The predicted molar refractivity (Wildman–Crippen MR) is 74.2 cm³/mol. The quantitative estimate of drug-likeness (QED) is 0.828. The molecule has 0 radical (unpaired) electrons. The molecule has 0 unspecified atom stereocenters. The molecule has 0 aliphatic carbocycles. The summed E-state index contributed by atoms with van der Waals surface area (Å²) < 4.78 is 13.5. The maximum absolute atomic E-state index is 13.5. The molecule has 3 N–H and O–H groups in total. The third-order valence-corrected chi connectivity index (χ3v) is 2.79. The average molecular weight is 258 g/mol. The number of hydrogen-bond acceptors (Lipinski definition) is 2. The van der Waals surface area contributed by atoms with E-state index in [1.807, 2.05) is 30.3 Å².